The van der Waals surface area contributed by atoms with Crippen LogP contribution in [0.3, 0.4) is 0 Å². The molecule has 1 unspecified atom stereocenters. The van der Waals surface area contributed by atoms with Crippen molar-refractivity contribution >= 4 is 22.9 Å². The molecule has 0 aromatic carbocycles. The molecule has 23 heavy (non-hydrogen) atoms. The molecular weight excluding hydrogens is 326 g/mol. The Morgan fingerprint density at radius 1 is 1.43 bits per heavy atom. The molecule has 0 saturated heterocycles. The second-order valence-electron chi connectivity index (χ2n) is 7.18. The van der Waals surface area contributed by atoms with Crippen LogP contribution in [0.2, 0.25) is 4.34 Å². The molecule has 2 saturated carbocycles. The first-order chi connectivity index (χ1) is 11.1. The smallest absolute Gasteiger partial charge is 0.0931 e. The first kappa shape index (κ1) is 17.0. The fraction of sp³-hybridized carbons (Fsp3) is 0.632. The fourth-order valence-electron chi connectivity index (χ4n) is 4.01. The van der Waals surface area contributed by atoms with Gasteiger partial charge >= 0.3 is 0 Å². The van der Waals surface area contributed by atoms with E-state index in [-0.39, 0.29) is 17.4 Å². The van der Waals surface area contributed by atoms with Crippen LogP contribution in [0.5, 0.6) is 0 Å². The van der Waals surface area contributed by atoms with Gasteiger partial charge in [-0.2, -0.15) is 5.26 Å². The highest BCUT2D eigenvalue weighted by Gasteiger charge is 2.43. The van der Waals surface area contributed by atoms with Gasteiger partial charge in [-0.25, -0.2) is 0 Å². The number of aliphatic hydroxyl groups excluding tert-OH is 1. The van der Waals surface area contributed by atoms with Crippen molar-refractivity contribution in [2.75, 3.05) is 0 Å². The van der Waals surface area contributed by atoms with Crippen LogP contribution in [-0.2, 0) is 6.42 Å². The minimum Gasteiger partial charge on any atom is -0.392 e. The fourth-order valence-corrected chi connectivity index (χ4v) is 5.25. The number of hydrogen-bond donors (Lipinski definition) is 1. The maximum atomic E-state index is 10.7. The van der Waals surface area contributed by atoms with E-state index in [1.807, 2.05) is 6.07 Å². The van der Waals surface area contributed by atoms with E-state index in [9.17, 15) is 5.11 Å². The van der Waals surface area contributed by atoms with Gasteiger partial charge in [-0.1, -0.05) is 30.2 Å². The molecule has 1 aromatic rings. The zero-order chi connectivity index (χ0) is 16.3. The second-order valence-corrected chi connectivity index (χ2v) is 8.98. The molecule has 0 amide bonds. The van der Waals surface area contributed by atoms with Crippen LogP contribution < -0.4 is 0 Å². The van der Waals surface area contributed by atoms with E-state index >= 15 is 0 Å². The number of nitrogens with zero attached hydrogens (tertiary/aromatic N) is 1. The standard InChI is InChI=1S/C19H24ClNOS/c20-18-8-7-16(23-18)12-19(9-2-10-19)17(22)4-1-3-14-5-6-15(11-14)13-21/h1,3,7-8,14-15,17,22H,2,4-6,9-12H2/b3-1+/t14-,15+,17?/m0/s1. The Morgan fingerprint density at radius 2 is 2.26 bits per heavy atom. The topological polar surface area (TPSA) is 44.0 Å². The predicted octanol–water partition coefficient (Wildman–Crippen LogP) is 5.36. The summed E-state index contributed by atoms with van der Waals surface area (Å²) in [5.41, 5.74) is 0.0450. The molecule has 4 heteroatoms. The van der Waals surface area contributed by atoms with Gasteiger partial charge in [0.2, 0.25) is 0 Å². The van der Waals surface area contributed by atoms with Crippen molar-refractivity contribution in [1.82, 2.24) is 0 Å². The van der Waals surface area contributed by atoms with Crippen molar-refractivity contribution in [3.05, 3.63) is 33.5 Å². The third-order valence-electron chi connectivity index (χ3n) is 5.63. The lowest BCUT2D eigenvalue weighted by atomic mass is 9.62. The summed E-state index contributed by atoms with van der Waals surface area (Å²) >= 11 is 7.67. The van der Waals surface area contributed by atoms with Crippen LogP contribution in [0.15, 0.2) is 24.3 Å². The summed E-state index contributed by atoms with van der Waals surface area (Å²) in [5, 5.41) is 19.7. The van der Waals surface area contributed by atoms with Gasteiger partial charge < -0.3 is 5.11 Å². The first-order valence-electron chi connectivity index (χ1n) is 8.60. The lowest BCUT2D eigenvalue weighted by molar-refractivity contribution is -0.0318. The molecule has 0 spiro atoms. The van der Waals surface area contributed by atoms with Gasteiger partial charge in [0.25, 0.3) is 0 Å². The van der Waals surface area contributed by atoms with E-state index in [0.717, 1.165) is 49.3 Å². The van der Waals surface area contributed by atoms with E-state index in [0.29, 0.717) is 5.92 Å². The summed E-state index contributed by atoms with van der Waals surface area (Å²) in [7, 11) is 0. The van der Waals surface area contributed by atoms with Crippen LogP contribution in [0.25, 0.3) is 0 Å². The van der Waals surface area contributed by atoms with Crippen molar-refractivity contribution < 1.29 is 5.11 Å². The van der Waals surface area contributed by atoms with E-state index in [1.54, 1.807) is 11.3 Å². The highest BCUT2D eigenvalue weighted by atomic mass is 35.5. The number of rotatable bonds is 6. The number of nitriles is 1. The summed E-state index contributed by atoms with van der Waals surface area (Å²) in [5.74, 6) is 0.761. The molecule has 2 aliphatic rings. The molecule has 1 N–H and O–H groups in total. The van der Waals surface area contributed by atoms with Crippen molar-refractivity contribution in [3.63, 3.8) is 0 Å². The van der Waals surface area contributed by atoms with Crippen molar-refractivity contribution in [1.29, 1.82) is 5.26 Å². The summed E-state index contributed by atoms with van der Waals surface area (Å²) in [6, 6.07) is 6.42. The number of allylic oxidation sites excluding steroid dienone is 1. The Hall–Kier alpha value is -0.820. The third kappa shape index (κ3) is 3.99. The van der Waals surface area contributed by atoms with Crippen molar-refractivity contribution in [2.45, 2.75) is 57.5 Å². The molecule has 0 radical (unpaired) electrons. The summed E-state index contributed by atoms with van der Waals surface area (Å²) in [4.78, 5) is 1.28. The minimum atomic E-state index is -0.276. The molecule has 124 valence electrons. The molecule has 1 heterocycles. The number of aliphatic hydroxyl groups is 1. The molecule has 2 nitrogen and oxygen atoms in total. The van der Waals surface area contributed by atoms with E-state index in [2.05, 4.69) is 24.3 Å². The van der Waals surface area contributed by atoms with Crippen LogP contribution in [0.1, 0.15) is 49.8 Å². The van der Waals surface area contributed by atoms with Gasteiger partial charge in [-0.15, -0.1) is 11.3 Å². The van der Waals surface area contributed by atoms with Crippen LogP contribution in [0.4, 0.5) is 0 Å². The summed E-state index contributed by atoms with van der Waals surface area (Å²) in [6.07, 6.45) is 12.3. The Morgan fingerprint density at radius 3 is 2.83 bits per heavy atom. The Balaban J connectivity index is 1.54. The van der Waals surface area contributed by atoms with Gasteiger partial charge in [0.05, 0.1) is 16.5 Å². The number of thiophene rings is 1. The normalized spacial score (nSPS) is 27.7. The predicted molar refractivity (Wildman–Crippen MR) is 95.5 cm³/mol. The number of hydrogen-bond acceptors (Lipinski definition) is 3. The van der Waals surface area contributed by atoms with Gasteiger partial charge in [-0.05, 0) is 63.0 Å². The van der Waals surface area contributed by atoms with Gasteiger partial charge in [0.1, 0.15) is 0 Å². The van der Waals surface area contributed by atoms with Crippen molar-refractivity contribution in [3.8, 4) is 6.07 Å². The van der Waals surface area contributed by atoms with E-state index in [4.69, 9.17) is 16.9 Å². The van der Waals surface area contributed by atoms with Crippen LogP contribution in [0, 0.1) is 28.6 Å². The quantitative estimate of drug-likeness (QED) is 0.702. The molecule has 1 aromatic heterocycles. The van der Waals surface area contributed by atoms with Crippen LogP contribution >= 0.6 is 22.9 Å². The van der Waals surface area contributed by atoms with Gasteiger partial charge in [0, 0.05) is 16.2 Å². The monoisotopic (exact) mass is 349 g/mol. The van der Waals surface area contributed by atoms with Crippen molar-refractivity contribution in [2.24, 2.45) is 17.3 Å². The minimum absolute atomic E-state index is 0.0450. The SMILES string of the molecule is N#C[C@@H]1CC[C@H](/C=C/CC(O)C2(Cc3ccc(Cl)s3)CCC2)C1. The lowest BCUT2D eigenvalue weighted by Gasteiger charge is -2.45. The average Bonchev–Trinajstić information content (AvgIpc) is 3.11. The molecule has 3 rings (SSSR count). The van der Waals surface area contributed by atoms with Crippen LogP contribution in [-0.4, -0.2) is 11.2 Å². The maximum Gasteiger partial charge on any atom is 0.0931 e. The summed E-state index contributed by atoms with van der Waals surface area (Å²) in [6.45, 7) is 0. The number of halogens is 1. The molecule has 2 aliphatic carbocycles. The Bertz CT molecular complexity index is 599. The third-order valence-corrected chi connectivity index (χ3v) is 6.87. The highest BCUT2D eigenvalue weighted by Crippen LogP contribution is 2.48. The molecule has 0 bridgehead atoms. The molecular formula is C19H24ClNOS. The molecule has 2 fully saturated rings. The lowest BCUT2D eigenvalue weighted by Crippen LogP contribution is -2.42. The average molecular weight is 350 g/mol. The van der Waals surface area contributed by atoms with E-state index < -0.39 is 0 Å². The zero-order valence-electron chi connectivity index (χ0n) is 13.4. The Kier molecular flexibility index (Phi) is 5.46. The highest BCUT2D eigenvalue weighted by molar-refractivity contribution is 7.16. The Labute approximate surface area is 147 Å². The van der Waals surface area contributed by atoms with E-state index in [1.165, 1.54) is 11.3 Å². The zero-order valence-corrected chi connectivity index (χ0v) is 15.0. The molecule has 0 aliphatic heterocycles. The largest absolute Gasteiger partial charge is 0.392 e. The molecule has 3 atom stereocenters. The van der Waals surface area contributed by atoms with Gasteiger partial charge in [-0.3, -0.25) is 0 Å². The first-order valence-corrected chi connectivity index (χ1v) is 9.79. The second kappa shape index (κ2) is 7.38. The summed E-state index contributed by atoms with van der Waals surface area (Å²) < 4.78 is 0.831. The maximum absolute atomic E-state index is 10.7. The van der Waals surface area contributed by atoms with Gasteiger partial charge in [0.15, 0.2) is 0 Å².